The number of aliphatic imine (C=N–C) groups is 1. The Labute approximate surface area is 157 Å². The highest BCUT2D eigenvalue weighted by Gasteiger charge is 2.13. The molecule has 0 heterocycles. The first-order chi connectivity index (χ1) is 13.0. The van der Waals surface area contributed by atoms with Crippen LogP contribution in [-0.2, 0) is 13.1 Å². The second-order valence-electron chi connectivity index (χ2n) is 5.60. The summed E-state index contributed by atoms with van der Waals surface area (Å²) < 4.78 is 29.4. The van der Waals surface area contributed by atoms with Crippen LogP contribution in [0.15, 0.2) is 35.3 Å². The van der Waals surface area contributed by atoms with Gasteiger partial charge >= 0.3 is 0 Å². The second-order valence-corrected chi connectivity index (χ2v) is 5.60. The summed E-state index contributed by atoms with van der Waals surface area (Å²) in [7, 11) is 6.32. The van der Waals surface area contributed by atoms with Gasteiger partial charge in [0.15, 0.2) is 29.0 Å². The number of methoxy groups -OCH3 is 3. The molecule has 0 radical (unpaired) electrons. The van der Waals surface area contributed by atoms with E-state index in [0.717, 1.165) is 5.56 Å². The van der Waals surface area contributed by atoms with Crippen LogP contribution >= 0.6 is 0 Å². The molecule has 3 N–H and O–H groups in total. The van der Waals surface area contributed by atoms with Gasteiger partial charge in [0.05, 0.1) is 21.3 Å². The summed E-state index contributed by atoms with van der Waals surface area (Å²) in [6, 6.07) is 7.92. The summed E-state index contributed by atoms with van der Waals surface area (Å²) in [6.45, 7) is 0.812. The first kappa shape index (κ1) is 20.2. The van der Waals surface area contributed by atoms with Crippen LogP contribution in [0.3, 0.4) is 0 Å². The van der Waals surface area contributed by atoms with Gasteiger partial charge in [-0.15, -0.1) is 0 Å². The summed E-state index contributed by atoms with van der Waals surface area (Å²) in [5.41, 5.74) is 1.59. The lowest BCUT2D eigenvalue weighted by Crippen LogP contribution is -2.36. The van der Waals surface area contributed by atoms with Crippen LogP contribution in [0.4, 0.5) is 4.39 Å². The minimum atomic E-state index is -0.658. The molecule has 8 heteroatoms. The minimum Gasteiger partial charge on any atom is -0.505 e. The molecule has 0 amide bonds. The van der Waals surface area contributed by atoms with E-state index < -0.39 is 5.82 Å². The van der Waals surface area contributed by atoms with Gasteiger partial charge in [-0.3, -0.25) is 4.99 Å². The fourth-order valence-electron chi connectivity index (χ4n) is 2.49. The van der Waals surface area contributed by atoms with E-state index in [2.05, 4.69) is 15.6 Å². The number of nitrogens with one attached hydrogen (secondary N) is 2. The van der Waals surface area contributed by atoms with E-state index in [0.29, 0.717) is 41.9 Å². The van der Waals surface area contributed by atoms with Gasteiger partial charge in [0.1, 0.15) is 0 Å². The highest BCUT2D eigenvalue weighted by Crippen LogP contribution is 2.38. The smallest absolute Gasteiger partial charge is 0.203 e. The number of aromatic hydroxyl groups is 1. The van der Waals surface area contributed by atoms with Crippen LogP contribution in [0.5, 0.6) is 23.0 Å². The molecule has 2 aromatic rings. The van der Waals surface area contributed by atoms with Gasteiger partial charge in [-0.25, -0.2) is 4.39 Å². The molecule has 146 valence electrons. The number of phenols is 1. The molecule has 0 atom stereocenters. The maximum atomic E-state index is 13.4. The number of phenolic OH excluding ortho intramolecular Hbond substituents is 1. The normalized spacial score (nSPS) is 11.1. The van der Waals surface area contributed by atoms with Crippen molar-refractivity contribution in [1.82, 2.24) is 10.6 Å². The molecule has 0 saturated carbocycles. The number of nitrogens with zero attached hydrogens (tertiary/aromatic N) is 1. The van der Waals surface area contributed by atoms with E-state index in [1.54, 1.807) is 34.4 Å². The molecular weight excluding hydrogens is 353 g/mol. The summed E-state index contributed by atoms with van der Waals surface area (Å²) in [6.07, 6.45) is 0. The number of rotatable bonds is 7. The fourth-order valence-corrected chi connectivity index (χ4v) is 2.49. The molecule has 27 heavy (non-hydrogen) atoms. The van der Waals surface area contributed by atoms with Gasteiger partial charge in [-0.05, 0) is 35.4 Å². The predicted octanol–water partition coefficient (Wildman–Crippen LogP) is 2.42. The van der Waals surface area contributed by atoms with Gasteiger partial charge < -0.3 is 30.0 Å². The molecule has 0 bridgehead atoms. The average molecular weight is 377 g/mol. The van der Waals surface area contributed by atoms with Gasteiger partial charge in [0, 0.05) is 20.1 Å². The number of guanidine groups is 1. The Bertz CT molecular complexity index is 787. The number of hydrogen-bond donors (Lipinski definition) is 3. The minimum absolute atomic E-state index is 0.353. The predicted molar refractivity (Wildman–Crippen MR) is 101 cm³/mol. The highest BCUT2D eigenvalue weighted by atomic mass is 19.1. The molecule has 0 aliphatic heterocycles. The maximum absolute atomic E-state index is 13.4. The van der Waals surface area contributed by atoms with Crippen LogP contribution in [0.25, 0.3) is 0 Å². The number of ether oxygens (including phenoxy) is 3. The third-order valence-electron chi connectivity index (χ3n) is 3.88. The van der Waals surface area contributed by atoms with Gasteiger partial charge in [0.25, 0.3) is 0 Å². The van der Waals surface area contributed by atoms with E-state index in [-0.39, 0.29) is 5.75 Å². The largest absolute Gasteiger partial charge is 0.505 e. The molecule has 7 nitrogen and oxygen atoms in total. The molecule has 0 unspecified atom stereocenters. The van der Waals surface area contributed by atoms with Crippen molar-refractivity contribution in [3.8, 4) is 23.0 Å². The van der Waals surface area contributed by atoms with Gasteiger partial charge in [0.2, 0.25) is 5.75 Å². The van der Waals surface area contributed by atoms with Crippen LogP contribution in [0, 0.1) is 5.82 Å². The van der Waals surface area contributed by atoms with E-state index in [1.807, 2.05) is 12.1 Å². The third kappa shape index (κ3) is 5.16. The highest BCUT2D eigenvalue weighted by molar-refractivity contribution is 5.79. The number of hydrogen-bond acceptors (Lipinski definition) is 5. The Balaban J connectivity index is 2.02. The molecule has 0 aromatic heterocycles. The Morgan fingerprint density at radius 2 is 1.56 bits per heavy atom. The van der Waals surface area contributed by atoms with E-state index in [4.69, 9.17) is 14.2 Å². The van der Waals surface area contributed by atoms with Crippen molar-refractivity contribution in [2.45, 2.75) is 13.1 Å². The molecule has 2 rings (SSSR count). The second kappa shape index (κ2) is 9.51. The molecule has 0 aliphatic rings. The van der Waals surface area contributed by atoms with Crippen molar-refractivity contribution in [3.63, 3.8) is 0 Å². The molecule has 0 aliphatic carbocycles. The van der Waals surface area contributed by atoms with Crippen molar-refractivity contribution >= 4 is 5.96 Å². The standard InChI is InChI=1S/C19H24FN3O4/c1-21-19(22-10-12-5-6-15(24)14(20)7-12)23-11-13-8-16(25-2)18(27-4)17(9-13)26-3/h5-9,24H,10-11H2,1-4H3,(H2,21,22,23). The monoisotopic (exact) mass is 377 g/mol. The zero-order chi connectivity index (χ0) is 19.8. The quantitative estimate of drug-likeness (QED) is 0.508. The first-order valence-electron chi connectivity index (χ1n) is 8.23. The zero-order valence-corrected chi connectivity index (χ0v) is 15.8. The first-order valence-corrected chi connectivity index (χ1v) is 8.23. The Morgan fingerprint density at radius 1 is 0.963 bits per heavy atom. The number of benzene rings is 2. The Kier molecular flexibility index (Phi) is 7.10. The Morgan fingerprint density at radius 3 is 2.04 bits per heavy atom. The molecule has 2 aromatic carbocycles. The maximum Gasteiger partial charge on any atom is 0.203 e. The fraction of sp³-hybridized carbons (Fsp3) is 0.316. The lowest BCUT2D eigenvalue weighted by molar-refractivity contribution is 0.323. The average Bonchev–Trinajstić information content (AvgIpc) is 2.69. The van der Waals surface area contributed by atoms with E-state index in [9.17, 15) is 9.50 Å². The van der Waals surface area contributed by atoms with Crippen LogP contribution in [0.2, 0.25) is 0 Å². The lowest BCUT2D eigenvalue weighted by atomic mass is 10.2. The summed E-state index contributed by atoms with van der Waals surface area (Å²) in [5.74, 6) is 1.17. The van der Waals surface area contributed by atoms with Crippen molar-refractivity contribution in [2.75, 3.05) is 28.4 Å². The topological polar surface area (TPSA) is 84.3 Å². The molecular formula is C19H24FN3O4. The molecule has 0 saturated heterocycles. The Hall–Kier alpha value is -3.16. The van der Waals surface area contributed by atoms with Crippen LogP contribution < -0.4 is 24.8 Å². The van der Waals surface area contributed by atoms with Gasteiger partial charge in [-0.1, -0.05) is 6.07 Å². The third-order valence-corrected chi connectivity index (χ3v) is 3.88. The van der Waals surface area contributed by atoms with Gasteiger partial charge in [-0.2, -0.15) is 0 Å². The lowest BCUT2D eigenvalue weighted by Gasteiger charge is -2.16. The summed E-state index contributed by atoms with van der Waals surface area (Å²) >= 11 is 0. The van der Waals surface area contributed by atoms with Crippen molar-refractivity contribution in [2.24, 2.45) is 4.99 Å². The van der Waals surface area contributed by atoms with E-state index in [1.165, 1.54) is 12.1 Å². The van der Waals surface area contributed by atoms with Crippen molar-refractivity contribution < 1.29 is 23.7 Å². The SMILES string of the molecule is CN=C(NCc1ccc(O)c(F)c1)NCc1cc(OC)c(OC)c(OC)c1. The van der Waals surface area contributed by atoms with Crippen molar-refractivity contribution in [3.05, 3.63) is 47.3 Å². The van der Waals surface area contributed by atoms with E-state index >= 15 is 0 Å². The van der Waals surface area contributed by atoms with Crippen LogP contribution in [-0.4, -0.2) is 39.4 Å². The molecule has 0 spiro atoms. The van der Waals surface area contributed by atoms with Crippen molar-refractivity contribution in [1.29, 1.82) is 0 Å². The summed E-state index contributed by atoms with van der Waals surface area (Å²) in [4.78, 5) is 4.14. The number of halogens is 1. The molecule has 0 fully saturated rings. The zero-order valence-electron chi connectivity index (χ0n) is 15.8. The van der Waals surface area contributed by atoms with Crippen LogP contribution in [0.1, 0.15) is 11.1 Å². The summed E-state index contributed by atoms with van der Waals surface area (Å²) in [5, 5.41) is 15.5.